The van der Waals surface area contributed by atoms with Crippen LogP contribution in [0, 0.1) is 0 Å². The molecule has 98 valence electrons. The molecule has 1 aliphatic rings. The lowest BCUT2D eigenvalue weighted by Gasteiger charge is -2.10. The molecule has 0 fully saturated rings. The summed E-state index contributed by atoms with van der Waals surface area (Å²) in [5, 5.41) is 9.39. The molecule has 0 saturated heterocycles. The molecule has 0 radical (unpaired) electrons. The summed E-state index contributed by atoms with van der Waals surface area (Å²) < 4.78 is 5.57. The minimum Gasteiger partial charge on any atom is -0.493 e. The molecule has 1 heterocycles. The second kappa shape index (κ2) is 5.82. The van der Waals surface area contributed by atoms with E-state index in [-0.39, 0.29) is 0 Å². The van der Waals surface area contributed by atoms with Gasteiger partial charge in [-0.25, -0.2) is 0 Å². The van der Waals surface area contributed by atoms with Gasteiger partial charge in [-0.3, -0.25) is 4.79 Å². The Hall–Kier alpha value is -0.910. The van der Waals surface area contributed by atoms with Crippen molar-refractivity contribution in [1.82, 2.24) is 0 Å². The minimum atomic E-state index is -0.977. The molecule has 3 N–H and O–H groups in total. The SMILES string of the molecule is N[C@H](CSCc1cc(Cl)cc2c1OCC2)C(=O)O. The third-order valence-corrected chi connectivity index (χ3v) is 4.03. The van der Waals surface area contributed by atoms with Crippen LogP contribution in [0.2, 0.25) is 5.02 Å². The highest BCUT2D eigenvalue weighted by Gasteiger charge is 2.18. The third-order valence-electron chi connectivity index (χ3n) is 2.70. The molecule has 1 aromatic rings. The lowest BCUT2D eigenvalue weighted by Crippen LogP contribution is -2.32. The summed E-state index contributed by atoms with van der Waals surface area (Å²) in [7, 11) is 0. The highest BCUT2D eigenvalue weighted by Crippen LogP contribution is 2.34. The van der Waals surface area contributed by atoms with Crippen LogP contribution in [0.1, 0.15) is 11.1 Å². The first kappa shape index (κ1) is 13.5. The number of rotatable bonds is 5. The largest absolute Gasteiger partial charge is 0.493 e. The zero-order chi connectivity index (χ0) is 13.1. The first-order valence-electron chi connectivity index (χ1n) is 5.58. The molecule has 6 heteroatoms. The van der Waals surface area contributed by atoms with E-state index in [1.54, 1.807) is 0 Å². The Bertz CT molecular complexity index is 467. The number of benzene rings is 1. The quantitative estimate of drug-likeness (QED) is 0.866. The summed E-state index contributed by atoms with van der Waals surface area (Å²) in [4.78, 5) is 10.6. The summed E-state index contributed by atoms with van der Waals surface area (Å²) in [6.07, 6.45) is 0.877. The van der Waals surface area contributed by atoms with E-state index < -0.39 is 12.0 Å². The molecule has 0 spiro atoms. The molecule has 0 unspecified atom stereocenters. The second-order valence-corrected chi connectivity index (χ2v) is 5.58. The number of carboxylic acid groups (broad SMARTS) is 1. The topological polar surface area (TPSA) is 72.5 Å². The first-order chi connectivity index (χ1) is 8.58. The van der Waals surface area contributed by atoms with Gasteiger partial charge in [0, 0.05) is 28.5 Å². The maximum absolute atomic E-state index is 10.6. The summed E-state index contributed by atoms with van der Waals surface area (Å²) in [6, 6.07) is 2.95. The van der Waals surface area contributed by atoms with Gasteiger partial charge in [-0.05, 0) is 17.7 Å². The van der Waals surface area contributed by atoms with Crippen molar-refractivity contribution in [3.63, 3.8) is 0 Å². The molecular formula is C12H14ClNO3S. The second-order valence-electron chi connectivity index (χ2n) is 4.11. The molecule has 0 amide bonds. The average molecular weight is 288 g/mol. The van der Waals surface area contributed by atoms with Gasteiger partial charge in [-0.2, -0.15) is 11.8 Å². The molecule has 1 atom stereocenters. The van der Waals surface area contributed by atoms with Crippen molar-refractivity contribution in [2.24, 2.45) is 5.73 Å². The number of ether oxygens (including phenoxy) is 1. The maximum atomic E-state index is 10.6. The van der Waals surface area contributed by atoms with Gasteiger partial charge in [0.05, 0.1) is 6.61 Å². The number of hydrogen-bond donors (Lipinski definition) is 2. The number of aliphatic carboxylic acids is 1. The van der Waals surface area contributed by atoms with Gasteiger partial charge in [-0.1, -0.05) is 11.6 Å². The third kappa shape index (κ3) is 3.10. The zero-order valence-corrected chi connectivity index (χ0v) is 11.3. The van der Waals surface area contributed by atoms with Crippen LogP contribution in [0.15, 0.2) is 12.1 Å². The van der Waals surface area contributed by atoms with Gasteiger partial charge in [0.25, 0.3) is 0 Å². The Morgan fingerprint density at radius 1 is 1.61 bits per heavy atom. The van der Waals surface area contributed by atoms with Crippen LogP contribution in [0.25, 0.3) is 0 Å². The van der Waals surface area contributed by atoms with E-state index in [0.29, 0.717) is 23.1 Å². The fraction of sp³-hybridized carbons (Fsp3) is 0.417. The highest BCUT2D eigenvalue weighted by molar-refractivity contribution is 7.98. The summed E-state index contributed by atoms with van der Waals surface area (Å²) >= 11 is 7.51. The van der Waals surface area contributed by atoms with Gasteiger partial charge in [-0.15, -0.1) is 0 Å². The van der Waals surface area contributed by atoms with Crippen LogP contribution in [0.4, 0.5) is 0 Å². The van der Waals surface area contributed by atoms with E-state index in [2.05, 4.69) is 0 Å². The molecule has 2 rings (SSSR count). The van der Waals surface area contributed by atoms with Gasteiger partial charge in [0.2, 0.25) is 0 Å². The van der Waals surface area contributed by atoms with Crippen molar-refractivity contribution in [1.29, 1.82) is 0 Å². The average Bonchev–Trinajstić information content (AvgIpc) is 2.76. The Morgan fingerprint density at radius 3 is 3.11 bits per heavy atom. The van der Waals surface area contributed by atoms with Crippen molar-refractivity contribution < 1.29 is 14.6 Å². The fourth-order valence-corrected chi connectivity index (χ4v) is 3.03. The Balaban J connectivity index is 2.00. The summed E-state index contributed by atoms with van der Waals surface area (Å²) in [5.74, 6) is 0.950. The number of nitrogens with two attached hydrogens (primary N) is 1. The van der Waals surface area contributed by atoms with Gasteiger partial charge < -0.3 is 15.6 Å². The lowest BCUT2D eigenvalue weighted by molar-refractivity contribution is -0.137. The maximum Gasteiger partial charge on any atom is 0.321 e. The van der Waals surface area contributed by atoms with Crippen molar-refractivity contribution >= 4 is 29.3 Å². The van der Waals surface area contributed by atoms with Crippen molar-refractivity contribution in [2.75, 3.05) is 12.4 Å². The van der Waals surface area contributed by atoms with Crippen molar-refractivity contribution in [3.8, 4) is 5.75 Å². The van der Waals surface area contributed by atoms with E-state index in [9.17, 15) is 4.79 Å². The monoisotopic (exact) mass is 287 g/mol. The first-order valence-corrected chi connectivity index (χ1v) is 7.11. The normalized spacial score (nSPS) is 15.0. The molecule has 0 saturated carbocycles. The minimum absolute atomic E-state index is 0.372. The predicted molar refractivity (Wildman–Crippen MR) is 72.4 cm³/mol. The van der Waals surface area contributed by atoms with Crippen LogP contribution in [0.5, 0.6) is 5.75 Å². The lowest BCUT2D eigenvalue weighted by atomic mass is 10.1. The van der Waals surface area contributed by atoms with Gasteiger partial charge in [0.1, 0.15) is 11.8 Å². The van der Waals surface area contributed by atoms with Gasteiger partial charge >= 0.3 is 5.97 Å². The molecule has 1 aromatic carbocycles. The van der Waals surface area contributed by atoms with E-state index in [1.807, 2.05) is 12.1 Å². The molecular weight excluding hydrogens is 274 g/mol. The number of thioether (sulfide) groups is 1. The smallest absolute Gasteiger partial charge is 0.321 e. The highest BCUT2D eigenvalue weighted by atomic mass is 35.5. The molecule has 4 nitrogen and oxygen atoms in total. The summed E-state index contributed by atoms with van der Waals surface area (Å²) in [5.41, 5.74) is 7.58. The summed E-state index contributed by atoms with van der Waals surface area (Å²) in [6.45, 7) is 0.683. The molecule has 1 aliphatic heterocycles. The van der Waals surface area contributed by atoms with Crippen LogP contribution < -0.4 is 10.5 Å². The van der Waals surface area contributed by atoms with Crippen LogP contribution in [-0.4, -0.2) is 29.5 Å². The van der Waals surface area contributed by atoms with E-state index >= 15 is 0 Å². The number of carboxylic acids is 1. The molecule has 18 heavy (non-hydrogen) atoms. The predicted octanol–water partition coefficient (Wildman–Crippen LogP) is 1.92. The molecule has 0 bridgehead atoms. The number of hydrogen-bond acceptors (Lipinski definition) is 4. The number of fused-ring (bicyclic) bond motifs is 1. The standard InChI is InChI=1S/C12H14ClNO3S/c13-9-3-7-1-2-17-11(7)8(4-9)5-18-6-10(14)12(15)16/h3-4,10H,1-2,5-6,14H2,(H,15,16)/t10-/m1/s1. The molecule has 0 aromatic heterocycles. The van der Waals surface area contributed by atoms with E-state index in [0.717, 1.165) is 23.3 Å². The van der Waals surface area contributed by atoms with Crippen LogP contribution >= 0.6 is 23.4 Å². The van der Waals surface area contributed by atoms with E-state index in [1.165, 1.54) is 11.8 Å². The van der Waals surface area contributed by atoms with E-state index in [4.69, 9.17) is 27.2 Å². The van der Waals surface area contributed by atoms with Crippen LogP contribution in [0.3, 0.4) is 0 Å². The number of carbonyl (C=O) groups is 1. The Labute approximate surface area is 114 Å². The number of halogens is 1. The van der Waals surface area contributed by atoms with Crippen molar-refractivity contribution in [2.45, 2.75) is 18.2 Å². The molecule has 0 aliphatic carbocycles. The van der Waals surface area contributed by atoms with Crippen LogP contribution in [-0.2, 0) is 17.0 Å². The van der Waals surface area contributed by atoms with Gasteiger partial charge in [0.15, 0.2) is 0 Å². The zero-order valence-electron chi connectivity index (χ0n) is 9.69. The Morgan fingerprint density at radius 2 is 2.39 bits per heavy atom. The Kier molecular flexibility index (Phi) is 4.37. The van der Waals surface area contributed by atoms with Crippen molar-refractivity contribution in [3.05, 3.63) is 28.3 Å². The fourth-order valence-electron chi connectivity index (χ4n) is 1.82.